The van der Waals surface area contributed by atoms with Crippen LogP contribution in [-0.2, 0) is 6.54 Å². The van der Waals surface area contributed by atoms with Crippen molar-refractivity contribution in [1.82, 2.24) is 14.8 Å². The van der Waals surface area contributed by atoms with Gasteiger partial charge in [0.1, 0.15) is 12.4 Å². The lowest BCUT2D eigenvalue weighted by atomic mass is 10.0. The Kier molecular flexibility index (Phi) is 3.13. The fraction of sp³-hybridized carbons (Fsp3) is 0.167. The Hall–Kier alpha value is -2.66. The maximum atomic E-state index is 9.13. The molecule has 0 radical (unpaired) electrons. The van der Waals surface area contributed by atoms with E-state index in [1.807, 2.05) is 36.4 Å². The van der Waals surface area contributed by atoms with Crippen molar-refractivity contribution in [2.75, 3.05) is 0 Å². The summed E-state index contributed by atoms with van der Waals surface area (Å²) in [6.07, 6.45) is 1.46. The molecule has 0 amide bonds. The van der Waals surface area contributed by atoms with Gasteiger partial charge in [-0.3, -0.25) is 0 Å². The third-order valence-corrected chi connectivity index (χ3v) is 2.36. The second-order valence-corrected chi connectivity index (χ2v) is 3.49. The highest BCUT2D eigenvalue weighted by Crippen LogP contribution is 2.16. The molecular formula is C12H9N5. The van der Waals surface area contributed by atoms with E-state index in [-0.39, 0.29) is 11.7 Å². The fourth-order valence-electron chi connectivity index (χ4n) is 1.53. The zero-order chi connectivity index (χ0) is 12.1. The standard InChI is InChI=1S/C12H9N5/c13-6-11(10-4-2-1-3-5-10)8-17-9-15-12(7-14)16-17/h1-5,9,11H,8H2. The lowest BCUT2D eigenvalue weighted by Crippen LogP contribution is -2.08. The Morgan fingerprint density at radius 2 is 2.00 bits per heavy atom. The third-order valence-electron chi connectivity index (χ3n) is 2.36. The van der Waals surface area contributed by atoms with E-state index in [0.29, 0.717) is 6.54 Å². The van der Waals surface area contributed by atoms with E-state index in [4.69, 9.17) is 10.5 Å². The number of aromatic nitrogens is 3. The van der Waals surface area contributed by atoms with E-state index in [1.165, 1.54) is 11.0 Å². The first kappa shape index (κ1) is 10.8. The number of benzene rings is 1. The summed E-state index contributed by atoms with van der Waals surface area (Å²) < 4.78 is 1.51. The second kappa shape index (κ2) is 4.91. The molecule has 17 heavy (non-hydrogen) atoms. The summed E-state index contributed by atoms with van der Waals surface area (Å²) in [6, 6.07) is 13.6. The highest BCUT2D eigenvalue weighted by atomic mass is 15.3. The molecule has 1 atom stereocenters. The molecular weight excluding hydrogens is 214 g/mol. The molecule has 1 aromatic heterocycles. The van der Waals surface area contributed by atoms with Gasteiger partial charge in [0, 0.05) is 0 Å². The van der Waals surface area contributed by atoms with Crippen molar-refractivity contribution >= 4 is 0 Å². The van der Waals surface area contributed by atoms with E-state index in [0.717, 1.165) is 5.56 Å². The van der Waals surface area contributed by atoms with Crippen molar-refractivity contribution in [1.29, 1.82) is 10.5 Å². The lowest BCUT2D eigenvalue weighted by molar-refractivity contribution is 0.576. The zero-order valence-corrected chi connectivity index (χ0v) is 8.98. The van der Waals surface area contributed by atoms with Gasteiger partial charge in [0.25, 0.3) is 5.82 Å². The van der Waals surface area contributed by atoms with Crippen LogP contribution in [0.3, 0.4) is 0 Å². The Balaban J connectivity index is 2.17. The van der Waals surface area contributed by atoms with Gasteiger partial charge in [0.05, 0.1) is 18.5 Å². The summed E-state index contributed by atoms with van der Waals surface area (Å²) in [4.78, 5) is 3.80. The van der Waals surface area contributed by atoms with Crippen molar-refractivity contribution in [2.24, 2.45) is 0 Å². The molecule has 82 valence electrons. The van der Waals surface area contributed by atoms with Crippen LogP contribution in [0.15, 0.2) is 36.7 Å². The van der Waals surface area contributed by atoms with Gasteiger partial charge in [-0.1, -0.05) is 30.3 Å². The molecule has 5 heteroatoms. The second-order valence-electron chi connectivity index (χ2n) is 3.49. The molecule has 5 nitrogen and oxygen atoms in total. The van der Waals surface area contributed by atoms with Gasteiger partial charge in [-0.25, -0.2) is 9.67 Å². The third kappa shape index (κ3) is 2.47. The smallest absolute Gasteiger partial charge is 0.250 e. The van der Waals surface area contributed by atoms with E-state index < -0.39 is 0 Å². The maximum Gasteiger partial charge on any atom is 0.252 e. The topological polar surface area (TPSA) is 78.3 Å². The highest BCUT2D eigenvalue weighted by Gasteiger charge is 2.12. The number of hydrogen-bond donors (Lipinski definition) is 0. The van der Waals surface area contributed by atoms with Gasteiger partial charge in [0.2, 0.25) is 0 Å². The minimum absolute atomic E-state index is 0.120. The molecule has 0 aliphatic carbocycles. The molecule has 1 aromatic carbocycles. The monoisotopic (exact) mass is 223 g/mol. The summed E-state index contributed by atoms with van der Waals surface area (Å²) in [7, 11) is 0. The Labute approximate surface area is 98.6 Å². The first-order chi connectivity index (χ1) is 8.33. The van der Waals surface area contributed by atoms with E-state index in [9.17, 15) is 0 Å². The van der Waals surface area contributed by atoms with E-state index in [1.54, 1.807) is 0 Å². The van der Waals surface area contributed by atoms with Crippen LogP contribution < -0.4 is 0 Å². The van der Waals surface area contributed by atoms with Crippen molar-refractivity contribution in [3.63, 3.8) is 0 Å². The lowest BCUT2D eigenvalue weighted by Gasteiger charge is -2.08. The van der Waals surface area contributed by atoms with Crippen molar-refractivity contribution in [3.8, 4) is 12.1 Å². The minimum Gasteiger partial charge on any atom is -0.250 e. The average molecular weight is 223 g/mol. The molecule has 0 aliphatic heterocycles. The van der Waals surface area contributed by atoms with E-state index >= 15 is 0 Å². The van der Waals surface area contributed by atoms with Crippen LogP contribution in [0, 0.1) is 22.7 Å². The number of nitriles is 2. The van der Waals surface area contributed by atoms with Crippen molar-refractivity contribution in [2.45, 2.75) is 12.5 Å². The van der Waals surface area contributed by atoms with Crippen LogP contribution in [0.25, 0.3) is 0 Å². The Morgan fingerprint density at radius 1 is 1.24 bits per heavy atom. The maximum absolute atomic E-state index is 9.13. The molecule has 1 unspecified atom stereocenters. The van der Waals surface area contributed by atoms with Crippen LogP contribution >= 0.6 is 0 Å². The van der Waals surface area contributed by atoms with Gasteiger partial charge in [-0.15, -0.1) is 5.10 Å². The fourth-order valence-corrected chi connectivity index (χ4v) is 1.53. The molecule has 0 aliphatic rings. The van der Waals surface area contributed by atoms with Gasteiger partial charge >= 0.3 is 0 Å². The summed E-state index contributed by atoms with van der Waals surface area (Å²) >= 11 is 0. The molecule has 0 saturated carbocycles. The predicted molar refractivity (Wildman–Crippen MR) is 59.5 cm³/mol. The van der Waals surface area contributed by atoms with Gasteiger partial charge < -0.3 is 0 Å². The number of nitrogens with zero attached hydrogens (tertiary/aromatic N) is 5. The van der Waals surface area contributed by atoms with Gasteiger partial charge in [-0.2, -0.15) is 10.5 Å². The van der Waals surface area contributed by atoms with Crippen LogP contribution in [-0.4, -0.2) is 14.8 Å². The molecule has 0 fully saturated rings. The molecule has 2 rings (SSSR count). The molecule has 0 N–H and O–H groups in total. The minimum atomic E-state index is -0.288. The number of rotatable bonds is 3. The van der Waals surface area contributed by atoms with Crippen LogP contribution in [0.2, 0.25) is 0 Å². The zero-order valence-electron chi connectivity index (χ0n) is 8.98. The average Bonchev–Trinajstić information content (AvgIpc) is 2.84. The Bertz CT molecular complexity index is 573. The highest BCUT2D eigenvalue weighted by molar-refractivity contribution is 5.24. The summed E-state index contributed by atoms with van der Waals surface area (Å²) in [5, 5.41) is 21.7. The summed E-state index contributed by atoms with van der Waals surface area (Å²) in [6.45, 7) is 0.398. The van der Waals surface area contributed by atoms with E-state index in [2.05, 4.69) is 16.2 Å². The normalized spacial score (nSPS) is 11.4. The van der Waals surface area contributed by atoms with Gasteiger partial charge in [-0.05, 0) is 5.56 Å². The van der Waals surface area contributed by atoms with Crippen LogP contribution in [0.5, 0.6) is 0 Å². The van der Waals surface area contributed by atoms with Crippen LogP contribution in [0.1, 0.15) is 17.3 Å². The summed E-state index contributed by atoms with van der Waals surface area (Å²) in [5.41, 5.74) is 0.934. The largest absolute Gasteiger partial charge is 0.252 e. The number of hydrogen-bond acceptors (Lipinski definition) is 4. The van der Waals surface area contributed by atoms with Crippen molar-refractivity contribution < 1.29 is 0 Å². The predicted octanol–water partition coefficient (Wildman–Crippen LogP) is 1.46. The molecule has 0 saturated heterocycles. The molecule has 0 spiro atoms. The molecule has 0 bridgehead atoms. The quantitative estimate of drug-likeness (QED) is 0.789. The molecule has 2 aromatic rings. The Morgan fingerprint density at radius 3 is 2.59 bits per heavy atom. The van der Waals surface area contributed by atoms with Crippen LogP contribution in [0.4, 0.5) is 0 Å². The van der Waals surface area contributed by atoms with Gasteiger partial charge in [0.15, 0.2) is 0 Å². The first-order valence-corrected chi connectivity index (χ1v) is 5.07. The molecule has 1 heterocycles. The first-order valence-electron chi connectivity index (χ1n) is 5.07. The SMILES string of the molecule is N#Cc1ncn(CC(C#N)c2ccccc2)n1. The van der Waals surface area contributed by atoms with Crippen molar-refractivity contribution in [3.05, 3.63) is 48.0 Å². The summed E-state index contributed by atoms with van der Waals surface area (Å²) in [5.74, 6) is -0.167.